The lowest BCUT2D eigenvalue weighted by Crippen LogP contribution is -2.51. The molecular formula is C13H22N4O3S. The van der Waals surface area contributed by atoms with Crippen LogP contribution in [-0.4, -0.2) is 32.7 Å². The van der Waals surface area contributed by atoms with Gasteiger partial charge in [0, 0.05) is 12.1 Å². The molecule has 0 saturated carbocycles. The van der Waals surface area contributed by atoms with Crippen molar-refractivity contribution in [3.63, 3.8) is 0 Å². The fourth-order valence-corrected chi connectivity index (χ4v) is 2.99. The van der Waals surface area contributed by atoms with Crippen LogP contribution < -0.4 is 21.3 Å². The topological polar surface area (TPSA) is 113 Å². The van der Waals surface area contributed by atoms with Crippen LogP contribution in [0.4, 0.5) is 5.69 Å². The molecule has 118 valence electrons. The third kappa shape index (κ3) is 5.70. The van der Waals surface area contributed by atoms with E-state index in [1.54, 1.807) is 32.0 Å². The summed E-state index contributed by atoms with van der Waals surface area (Å²) in [4.78, 5) is 12.2. The van der Waals surface area contributed by atoms with Gasteiger partial charge >= 0.3 is 0 Å². The number of nitrogens with one attached hydrogen (secondary N) is 3. The van der Waals surface area contributed by atoms with Crippen LogP contribution in [0.15, 0.2) is 18.2 Å². The highest BCUT2D eigenvalue weighted by atomic mass is 32.2. The molecule has 0 aromatic heterocycles. The number of aryl methyl sites for hydroxylation is 1. The smallest absolute Gasteiger partial charge is 0.253 e. The molecule has 0 radical (unpaired) electrons. The summed E-state index contributed by atoms with van der Waals surface area (Å²) < 4.78 is 25.0. The molecule has 0 aliphatic carbocycles. The summed E-state index contributed by atoms with van der Waals surface area (Å²) in [5.41, 5.74) is 3.58. The van der Waals surface area contributed by atoms with E-state index in [1.807, 2.05) is 6.92 Å². The van der Waals surface area contributed by atoms with E-state index in [0.717, 1.165) is 11.8 Å². The number of amides is 1. The zero-order valence-corrected chi connectivity index (χ0v) is 13.5. The van der Waals surface area contributed by atoms with Crippen molar-refractivity contribution in [2.45, 2.75) is 26.3 Å². The third-order valence-corrected chi connectivity index (χ3v) is 3.65. The van der Waals surface area contributed by atoms with E-state index in [2.05, 4.69) is 15.5 Å². The lowest BCUT2D eigenvalue weighted by Gasteiger charge is -2.25. The van der Waals surface area contributed by atoms with Crippen LogP contribution in [0.3, 0.4) is 0 Å². The van der Waals surface area contributed by atoms with Gasteiger partial charge in [0.05, 0.1) is 17.5 Å². The molecule has 0 spiro atoms. The number of carbonyl (C=O) groups is 1. The number of hydrogen-bond acceptors (Lipinski definition) is 5. The molecule has 8 heteroatoms. The molecule has 0 fully saturated rings. The van der Waals surface area contributed by atoms with Crippen LogP contribution in [-0.2, 0) is 10.0 Å². The normalized spacial score (nSPS) is 12.0. The number of carbonyl (C=O) groups excluding carboxylic acids is 1. The van der Waals surface area contributed by atoms with Crippen LogP contribution in [0.1, 0.15) is 29.8 Å². The Morgan fingerprint density at radius 1 is 1.33 bits per heavy atom. The second kappa shape index (κ2) is 6.42. The SMILES string of the molecule is Cc1ccc(C(=O)NCC(C)(C)NS(C)(=O)=O)c(NN)c1. The maximum Gasteiger partial charge on any atom is 0.253 e. The zero-order valence-electron chi connectivity index (χ0n) is 12.6. The van der Waals surface area contributed by atoms with Gasteiger partial charge in [-0.3, -0.25) is 10.6 Å². The first-order chi connectivity index (χ1) is 9.54. The molecule has 7 nitrogen and oxygen atoms in total. The Labute approximate surface area is 125 Å². The van der Waals surface area contributed by atoms with E-state index in [1.165, 1.54) is 0 Å². The lowest BCUT2D eigenvalue weighted by molar-refractivity contribution is 0.0945. The predicted octanol–water partition coefficient (Wildman–Crippen LogP) is 0.338. The summed E-state index contributed by atoms with van der Waals surface area (Å²) in [7, 11) is -3.35. The van der Waals surface area contributed by atoms with Gasteiger partial charge in [0.2, 0.25) is 10.0 Å². The lowest BCUT2D eigenvalue weighted by atomic mass is 10.1. The molecular weight excluding hydrogens is 292 g/mol. The molecule has 0 atom stereocenters. The first-order valence-corrected chi connectivity index (χ1v) is 8.28. The maximum absolute atomic E-state index is 12.2. The molecule has 1 aromatic rings. The number of nitrogens with two attached hydrogens (primary N) is 1. The van der Waals surface area contributed by atoms with Gasteiger partial charge in [-0.1, -0.05) is 6.07 Å². The Hall–Kier alpha value is -1.64. The van der Waals surface area contributed by atoms with Crippen LogP contribution in [0.5, 0.6) is 0 Å². The van der Waals surface area contributed by atoms with Crippen molar-refractivity contribution in [1.29, 1.82) is 0 Å². The highest BCUT2D eigenvalue weighted by molar-refractivity contribution is 7.88. The minimum absolute atomic E-state index is 0.150. The Bertz CT molecular complexity index is 626. The largest absolute Gasteiger partial charge is 0.350 e. The van der Waals surface area contributed by atoms with Crippen molar-refractivity contribution in [1.82, 2.24) is 10.0 Å². The Morgan fingerprint density at radius 2 is 1.95 bits per heavy atom. The molecule has 0 saturated heterocycles. The van der Waals surface area contributed by atoms with Crippen molar-refractivity contribution in [2.24, 2.45) is 5.84 Å². The fourth-order valence-electron chi connectivity index (χ4n) is 1.91. The molecule has 0 aliphatic rings. The quantitative estimate of drug-likeness (QED) is 0.447. The molecule has 5 N–H and O–H groups in total. The average molecular weight is 314 g/mol. The van der Waals surface area contributed by atoms with Crippen molar-refractivity contribution >= 4 is 21.6 Å². The second-order valence-corrected chi connectivity index (χ2v) is 7.38. The van der Waals surface area contributed by atoms with Crippen LogP contribution in [0.25, 0.3) is 0 Å². The number of hydrazine groups is 1. The highest BCUT2D eigenvalue weighted by Crippen LogP contribution is 2.16. The standard InChI is InChI=1S/C13H22N4O3S/c1-9-5-6-10(11(7-9)16-14)12(18)15-8-13(2,3)17-21(4,19)20/h5-7,16-17H,8,14H2,1-4H3,(H,15,18). The Balaban J connectivity index is 2.79. The van der Waals surface area contributed by atoms with Gasteiger partial charge in [0.25, 0.3) is 5.91 Å². The van der Waals surface area contributed by atoms with Gasteiger partial charge < -0.3 is 10.7 Å². The summed E-state index contributed by atoms with van der Waals surface area (Å²) in [6.07, 6.45) is 1.08. The minimum atomic E-state index is -3.35. The molecule has 0 unspecified atom stereocenters. The summed E-state index contributed by atoms with van der Waals surface area (Å²) in [6, 6.07) is 5.22. The van der Waals surface area contributed by atoms with Gasteiger partial charge in [-0.25, -0.2) is 13.1 Å². The van der Waals surface area contributed by atoms with E-state index in [4.69, 9.17) is 5.84 Å². The number of sulfonamides is 1. The van der Waals surface area contributed by atoms with Gasteiger partial charge in [-0.2, -0.15) is 0 Å². The van der Waals surface area contributed by atoms with E-state index in [0.29, 0.717) is 11.3 Å². The average Bonchev–Trinajstić information content (AvgIpc) is 2.33. The van der Waals surface area contributed by atoms with E-state index in [9.17, 15) is 13.2 Å². The maximum atomic E-state index is 12.2. The summed E-state index contributed by atoms with van der Waals surface area (Å²) in [6.45, 7) is 5.41. The fraction of sp³-hybridized carbons (Fsp3) is 0.462. The molecule has 0 bridgehead atoms. The van der Waals surface area contributed by atoms with Gasteiger partial charge in [-0.05, 0) is 38.5 Å². The Morgan fingerprint density at radius 3 is 2.48 bits per heavy atom. The van der Waals surface area contributed by atoms with Crippen LogP contribution in [0, 0.1) is 6.92 Å². The molecule has 1 aromatic carbocycles. The molecule has 1 rings (SSSR count). The summed E-state index contributed by atoms with van der Waals surface area (Å²) in [5.74, 6) is 5.07. The molecule has 21 heavy (non-hydrogen) atoms. The number of benzene rings is 1. The molecule has 0 heterocycles. The number of hydrogen-bond donors (Lipinski definition) is 4. The minimum Gasteiger partial charge on any atom is -0.350 e. The zero-order chi connectivity index (χ0) is 16.3. The van der Waals surface area contributed by atoms with E-state index < -0.39 is 15.6 Å². The van der Waals surface area contributed by atoms with E-state index >= 15 is 0 Å². The number of rotatable bonds is 6. The van der Waals surface area contributed by atoms with Crippen molar-refractivity contribution < 1.29 is 13.2 Å². The predicted molar refractivity (Wildman–Crippen MR) is 83.4 cm³/mol. The number of nitrogen functional groups attached to an aromatic ring is 1. The summed E-state index contributed by atoms with van der Waals surface area (Å²) in [5, 5.41) is 2.69. The number of anilines is 1. The molecule has 1 amide bonds. The third-order valence-electron chi connectivity index (χ3n) is 2.73. The molecule has 0 aliphatic heterocycles. The highest BCUT2D eigenvalue weighted by Gasteiger charge is 2.23. The first kappa shape index (κ1) is 17.4. The van der Waals surface area contributed by atoms with Crippen molar-refractivity contribution in [2.75, 3.05) is 18.2 Å². The van der Waals surface area contributed by atoms with E-state index in [-0.39, 0.29) is 12.5 Å². The van der Waals surface area contributed by atoms with Crippen molar-refractivity contribution in [3.8, 4) is 0 Å². The van der Waals surface area contributed by atoms with Gasteiger partial charge in [0.1, 0.15) is 0 Å². The van der Waals surface area contributed by atoms with Crippen LogP contribution in [0.2, 0.25) is 0 Å². The first-order valence-electron chi connectivity index (χ1n) is 6.38. The van der Waals surface area contributed by atoms with Crippen LogP contribution >= 0.6 is 0 Å². The van der Waals surface area contributed by atoms with Gasteiger partial charge in [-0.15, -0.1) is 0 Å². The summed E-state index contributed by atoms with van der Waals surface area (Å²) >= 11 is 0. The monoisotopic (exact) mass is 314 g/mol. The second-order valence-electron chi connectivity index (χ2n) is 5.63. The Kier molecular flexibility index (Phi) is 5.32. The van der Waals surface area contributed by atoms with Crippen molar-refractivity contribution in [3.05, 3.63) is 29.3 Å². The van der Waals surface area contributed by atoms with Gasteiger partial charge in [0.15, 0.2) is 0 Å².